The van der Waals surface area contributed by atoms with Crippen molar-refractivity contribution in [2.75, 3.05) is 6.61 Å². The molecule has 4 nitrogen and oxygen atoms in total. The maximum atomic E-state index is 11.9. The van der Waals surface area contributed by atoms with Crippen LogP contribution >= 0.6 is 0 Å². The number of carboxylic acids is 1. The quantitative estimate of drug-likeness (QED) is 0.810. The molecule has 0 amide bonds. The molecule has 114 valence electrons. The Labute approximate surface area is 125 Å². The molecule has 0 spiro atoms. The van der Waals surface area contributed by atoms with Crippen LogP contribution in [-0.4, -0.2) is 29.3 Å². The van der Waals surface area contributed by atoms with E-state index in [1.54, 1.807) is 0 Å². The summed E-state index contributed by atoms with van der Waals surface area (Å²) in [5.74, 6) is 0.201. The van der Waals surface area contributed by atoms with E-state index in [0.29, 0.717) is 6.04 Å². The molecule has 2 saturated carbocycles. The molecule has 4 heteroatoms. The monoisotopic (exact) mass is 289 g/mol. The summed E-state index contributed by atoms with van der Waals surface area (Å²) in [6.45, 7) is 4.24. The Hall–Kier alpha value is -1.55. The number of aryl methyl sites for hydroxylation is 2. The van der Waals surface area contributed by atoms with Gasteiger partial charge in [-0.25, -0.2) is 0 Å². The Morgan fingerprint density at radius 2 is 2.05 bits per heavy atom. The number of hydrogen-bond donors (Lipinski definition) is 2. The van der Waals surface area contributed by atoms with E-state index in [4.69, 9.17) is 4.74 Å². The fraction of sp³-hybridized carbons (Fsp3) is 0.588. The first kappa shape index (κ1) is 14.4. The fourth-order valence-corrected chi connectivity index (χ4v) is 2.90. The molecule has 0 radical (unpaired) electrons. The number of carbonyl (C=O) groups is 1. The van der Waals surface area contributed by atoms with Gasteiger partial charge in [0.05, 0.1) is 0 Å². The minimum absolute atomic E-state index is 0.196. The van der Waals surface area contributed by atoms with Crippen LogP contribution in [0.2, 0.25) is 0 Å². The minimum Gasteiger partial charge on any atom is -0.491 e. The van der Waals surface area contributed by atoms with Crippen LogP contribution in [0.25, 0.3) is 0 Å². The van der Waals surface area contributed by atoms with Crippen molar-refractivity contribution in [2.45, 2.75) is 51.1 Å². The van der Waals surface area contributed by atoms with E-state index in [1.807, 2.05) is 26.0 Å². The minimum atomic E-state index is -0.918. The lowest BCUT2D eigenvalue weighted by Gasteiger charge is -2.31. The van der Waals surface area contributed by atoms with Crippen LogP contribution in [0.3, 0.4) is 0 Å². The zero-order valence-corrected chi connectivity index (χ0v) is 12.7. The van der Waals surface area contributed by atoms with Gasteiger partial charge in [-0.3, -0.25) is 10.1 Å². The van der Waals surface area contributed by atoms with E-state index in [1.165, 1.54) is 5.56 Å². The van der Waals surface area contributed by atoms with Crippen molar-refractivity contribution in [3.63, 3.8) is 0 Å². The number of rotatable bonds is 7. The number of carboxylic acid groups (broad SMARTS) is 1. The van der Waals surface area contributed by atoms with Gasteiger partial charge in [-0.05, 0) is 57.1 Å². The van der Waals surface area contributed by atoms with Crippen LogP contribution in [0.15, 0.2) is 18.2 Å². The topological polar surface area (TPSA) is 58.6 Å². The van der Waals surface area contributed by atoms with Gasteiger partial charge in [0.25, 0.3) is 0 Å². The van der Waals surface area contributed by atoms with Crippen LogP contribution in [-0.2, 0) is 4.79 Å². The van der Waals surface area contributed by atoms with Crippen molar-refractivity contribution in [2.24, 2.45) is 5.92 Å². The van der Waals surface area contributed by atoms with Crippen LogP contribution in [0.5, 0.6) is 5.75 Å². The fourth-order valence-electron chi connectivity index (χ4n) is 2.90. The molecular formula is C17H23NO3. The third-order valence-electron chi connectivity index (χ3n) is 4.48. The molecule has 2 aliphatic carbocycles. The molecule has 0 aromatic heterocycles. The maximum absolute atomic E-state index is 11.9. The predicted molar refractivity (Wildman–Crippen MR) is 80.7 cm³/mol. The Balaban J connectivity index is 1.76. The Morgan fingerprint density at radius 1 is 1.33 bits per heavy atom. The van der Waals surface area contributed by atoms with Crippen molar-refractivity contribution in [3.05, 3.63) is 29.3 Å². The van der Waals surface area contributed by atoms with E-state index in [2.05, 4.69) is 11.4 Å². The summed E-state index contributed by atoms with van der Waals surface area (Å²) in [7, 11) is 0. The summed E-state index contributed by atoms with van der Waals surface area (Å²) < 4.78 is 5.91. The molecule has 1 aromatic carbocycles. The van der Waals surface area contributed by atoms with Crippen LogP contribution in [0.1, 0.15) is 36.8 Å². The van der Waals surface area contributed by atoms with E-state index in [9.17, 15) is 9.90 Å². The third-order valence-corrected chi connectivity index (χ3v) is 4.48. The highest BCUT2D eigenvalue weighted by Crippen LogP contribution is 2.42. The smallest absolute Gasteiger partial charge is 0.327 e. The predicted octanol–water partition coefficient (Wildman–Crippen LogP) is 2.67. The lowest BCUT2D eigenvalue weighted by Crippen LogP contribution is -2.59. The standard InChI is InChI=1S/C17H23NO3/c1-11-3-8-15(12(2)9-11)21-10-17(16(19)20,13-4-5-13)18-14-6-7-14/h3,8-9,13-14,18H,4-7,10H2,1-2H3,(H,19,20). The molecule has 0 heterocycles. The summed E-state index contributed by atoms with van der Waals surface area (Å²) in [5, 5.41) is 13.1. The van der Waals surface area contributed by atoms with Crippen LogP contribution in [0.4, 0.5) is 0 Å². The largest absolute Gasteiger partial charge is 0.491 e. The summed E-state index contributed by atoms with van der Waals surface area (Å²) >= 11 is 0. The van der Waals surface area contributed by atoms with E-state index in [0.717, 1.165) is 37.0 Å². The second-order valence-electron chi connectivity index (χ2n) is 6.53. The first-order valence-electron chi connectivity index (χ1n) is 7.72. The number of nitrogens with one attached hydrogen (secondary N) is 1. The lowest BCUT2D eigenvalue weighted by atomic mass is 9.94. The van der Waals surface area contributed by atoms with Crippen molar-refractivity contribution in [1.29, 1.82) is 0 Å². The highest BCUT2D eigenvalue weighted by atomic mass is 16.5. The number of hydrogen-bond acceptors (Lipinski definition) is 3. The van der Waals surface area contributed by atoms with Crippen molar-refractivity contribution in [1.82, 2.24) is 5.32 Å². The molecule has 3 rings (SSSR count). The molecule has 1 atom stereocenters. The highest BCUT2D eigenvalue weighted by molar-refractivity contribution is 5.80. The highest BCUT2D eigenvalue weighted by Gasteiger charge is 2.54. The van der Waals surface area contributed by atoms with Gasteiger partial charge < -0.3 is 9.84 Å². The molecule has 1 unspecified atom stereocenters. The van der Waals surface area contributed by atoms with Gasteiger partial charge in [0, 0.05) is 6.04 Å². The maximum Gasteiger partial charge on any atom is 0.327 e. The first-order chi connectivity index (χ1) is 10.0. The molecule has 2 N–H and O–H groups in total. The number of benzene rings is 1. The molecule has 0 saturated heterocycles. The zero-order chi connectivity index (χ0) is 15.0. The molecule has 2 fully saturated rings. The molecule has 0 aliphatic heterocycles. The first-order valence-corrected chi connectivity index (χ1v) is 7.72. The van der Waals surface area contributed by atoms with Gasteiger partial charge in [-0.15, -0.1) is 0 Å². The van der Waals surface area contributed by atoms with E-state index < -0.39 is 11.5 Å². The second kappa shape index (κ2) is 5.34. The van der Waals surface area contributed by atoms with Gasteiger partial charge in [0.1, 0.15) is 12.4 Å². The van der Waals surface area contributed by atoms with Gasteiger partial charge in [-0.2, -0.15) is 0 Å². The Morgan fingerprint density at radius 3 is 2.57 bits per heavy atom. The van der Waals surface area contributed by atoms with E-state index >= 15 is 0 Å². The van der Waals surface area contributed by atoms with Gasteiger partial charge >= 0.3 is 5.97 Å². The van der Waals surface area contributed by atoms with Gasteiger partial charge in [0.2, 0.25) is 0 Å². The van der Waals surface area contributed by atoms with E-state index in [-0.39, 0.29) is 12.5 Å². The molecule has 1 aromatic rings. The lowest BCUT2D eigenvalue weighted by molar-refractivity contribution is -0.147. The van der Waals surface area contributed by atoms with Crippen LogP contribution in [0, 0.1) is 19.8 Å². The molecule has 21 heavy (non-hydrogen) atoms. The summed E-state index contributed by atoms with van der Waals surface area (Å²) in [4.78, 5) is 11.9. The van der Waals surface area contributed by atoms with Gasteiger partial charge in [-0.1, -0.05) is 17.7 Å². The van der Waals surface area contributed by atoms with Crippen LogP contribution < -0.4 is 10.1 Å². The van der Waals surface area contributed by atoms with Crippen molar-refractivity contribution < 1.29 is 14.6 Å². The average molecular weight is 289 g/mol. The molecular weight excluding hydrogens is 266 g/mol. The summed E-state index contributed by atoms with van der Waals surface area (Å²) in [6, 6.07) is 6.34. The second-order valence-corrected chi connectivity index (χ2v) is 6.53. The third kappa shape index (κ3) is 3.05. The molecule has 2 aliphatic rings. The summed E-state index contributed by atoms with van der Waals surface area (Å²) in [6.07, 6.45) is 4.10. The van der Waals surface area contributed by atoms with Crippen molar-refractivity contribution >= 4 is 5.97 Å². The average Bonchev–Trinajstić information content (AvgIpc) is 3.28. The van der Waals surface area contributed by atoms with Gasteiger partial charge in [0.15, 0.2) is 5.54 Å². The Bertz CT molecular complexity index is 549. The zero-order valence-electron chi connectivity index (χ0n) is 12.7. The summed E-state index contributed by atoms with van der Waals surface area (Å²) in [5.41, 5.74) is 1.32. The Kier molecular flexibility index (Phi) is 3.66. The normalized spacial score (nSPS) is 20.9. The van der Waals surface area contributed by atoms with Crippen molar-refractivity contribution in [3.8, 4) is 5.75 Å². The molecule has 0 bridgehead atoms. The number of aliphatic carboxylic acids is 1. The number of ether oxygens (including phenoxy) is 1. The SMILES string of the molecule is Cc1ccc(OCC(NC2CC2)(C(=O)O)C2CC2)c(C)c1.